The molecular weight excluding hydrogens is 365 g/mol. The number of hydrogen-bond donors (Lipinski definition) is 1. The van der Waals surface area contributed by atoms with Crippen molar-refractivity contribution in [2.24, 2.45) is 0 Å². The minimum Gasteiger partial charge on any atom is -0.497 e. The first-order chi connectivity index (χ1) is 12.5. The second-order valence-electron chi connectivity index (χ2n) is 5.36. The van der Waals surface area contributed by atoms with Crippen molar-refractivity contribution in [2.75, 3.05) is 12.4 Å². The van der Waals surface area contributed by atoms with Crippen molar-refractivity contribution in [1.29, 1.82) is 0 Å². The van der Waals surface area contributed by atoms with Crippen LogP contribution in [0.2, 0.25) is 0 Å². The van der Waals surface area contributed by atoms with Crippen molar-refractivity contribution in [3.63, 3.8) is 0 Å². The normalized spacial score (nSPS) is 10.6. The maximum Gasteiger partial charge on any atom is 0.260 e. The SMILES string of the molecule is COc1ccc(C(=O)Nc2ncc(Cc3ccc(F)c(F)c3)s2)c(F)c1. The second-order valence-corrected chi connectivity index (χ2v) is 6.47. The van der Waals surface area contributed by atoms with E-state index >= 15 is 0 Å². The minimum atomic E-state index is -0.921. The molecule has 4 nitrogen and oxygen atoms in total. The first-order valence-corrected chi connectivity index (χ1v) is 8.31. The van der Waals surface area contributed by atoms with Gasteiger partial charge in [0.2, 0.25) is 0 Å². The topological polar surface area (TPSA) is 51.2 Å². The number of ether oxygens (including phenoxy) is 1. The Bertz CT molecular complexity index is 959. The molecule has 1 N–H and O–H groups in total. The van der Waals surface area contributed by atoms with Gasteiger partial charge in [0.05, 0.1) is 12.7 Å². The molecule has 8 heteroatoms. The molecule has 0 bridgehead atoms. The number of benzene rings is 2. The zero-order valence-corrected chi connectivity index (χ0v) is 14.4. The summed E-state index contributed by atoms with van der Waals surface area (Å²) >= 11 is 1.17. The van der Waals surface area contributed by atoms with Crippen LogP contribution >= 0.6 is 11.3 Å². The summed E-state index contributed by atoms with van der Waals surface area (Å²) in [6.07, 6.45) is 1.85. The van der Waals surface area contributed by atoms with Crippen LogP contribution in [0.1, 0.15) is 20.8 Å². The summed E-state index contributed by atoms with van der Waals surface area (Å²) < 4.78 is 45.0. The second kappa shape index (κ2) is 7.57. The van der Waals surface area contributed by atoms with Crippen molar-refractivity contribution in [3.8, 4) is 5.75 Å². The van der Waals surface area contributed by atoms with E-state index < -0.39 is 23.4 Å². The highest BCUT2D eigenvalue weighted by atomic mass is 32.1. The highest BCUT2D eigenvalue weighted by Crippen LogP contribution is 2.23. The van der Waals surface area contributed by atoms with Gasteiger partial charge in [0.25, 0.3) is 5.91 Å². The zero-order valence-electron chi connectivity index (χ0n) is 13.6. The number of hydrogen-bond acceptors (Lipinski definition) is 4. The van der Waals surface area contributed by atoms with Crippen molar-refractivity contribution in [2.45, 2.75) is 6.42 Å². The largest absolute Gasteiger partial charge is 0.497 e. The van der Waals surface area contributed by atoms with E-state index in [0.29, 0.717) is 17.7 Å². The molecule has 1 heterocycles. The summed E-state index contributed by atoms with van der Waals surface area (Å²) in [4.78, 5) is 17.0. The Hall–Kier alpha value is -2.87. The molecule has 0 saturated heterocycles. The molecule has 0 aliphatic rings. The standard InChI is InChI=1S/C18H13F3N2O2S/c1-25-11-3-4-13(15(20)8-11)17(24)23-18-22-9-12(26-18)6-10-2-5-14(19)16(21)7-10/h2-5,7-9H,6H2,1H3,(H,22,23,24). The lowest BCUT2D eigenvalue weighted by molar-refractivity contribution is 0.102. The third-order valence-corrected chi connectivity index (χ3v) is 4.47. The van der Waals surface area contributed by atoms with E-state index in [4.69, 9.17) is 4.74 Å². The summed E-state index contributed by atoms with van der Waals surface area (Å²) in [7, 11) is 1.40. The number of anilines is 1. The van der Waals surface area contributed by atoms with E-state index in [0.717, 1.165) is 23.1 Å². The fourth-order valence-corrected chi connectivity index (χ4v) is 3.11. The van der Waals surface area contributed by atoms with Gasteiger partial charge in [-0.25, -0.2) is 18.2 Å². The van der Waals surface area contributed by atoms with E-state index in [1.54, 1.807) is 0 Å². The molecule has 1 amide bonds. The van der Waals surface area contributed by atoms with Crippen LogP contribution < -0.4 is 10.1 Å². The Morgan fingerprint density at radius 2 is 1.92 bits per heavy atom. The van der Waals surface area contributed by atoms with Crippen LogP contribution in [0.5, 0.6) is 5.75 Å². The third kappa shape index (κ3) is 4.02. The van der Waals surface area contributed by atoms with Gasteiger partial charge < -0.3 is 4.74 Å². The van der Waals surface area contributed by atoms with Crippen LogP contribution in [0.15, 0.2) is 42.6 Å². The first-order valence-electron chi connectivity index (χ1n) is 7.50. The molecule has 0 aliphatic carbocycles. The third-order valence-electron chi connectivity index (χ3n) is 3.56. The average molecular weight is 378 g/mol. The number of rotatable bonds is 5. The molecule has 0 saturated carbocycles. The molecule has 134 valence electrons. The molecule has 0 fully saturated rings. The molecule has 1 aromatic heterocycles. The Balaban J connectivity index is 1.70. The Morgan fingerprint density at radius 3 is 2.62 bits per heavy atom. The van der Waals surface area contributed by atoms with Gasteiger partial charge in [0.1, 0.15) is 11.6 Å². The van der Waals surface area contributed by atoms with Gasteiger partial charge >= 0.3 is 0 Å². The smallest absolute Gasteiger partial charge is 0.260 e. The van der Waals surface area contributed by atoms with Gasteiger partial charge in [0.15, 0.2) is 16.8 Å². The number of aromatic nitrogens is 1. The average Bonchev–Trinajstić information content (AvgIpc) is 3.04. The Morgan fingerprint density at radius 1 is 1.12 bits per heavy atom. The lowest BCUT2D eigenvalue weighted by Crippen LogP contribution is -2.13. The van der Waals surface area contributed by atoms with Crippen LogP contribution in [-0.2, 0) is 6.42 Å². The van der Waals surface area contributed by atoms with E-state index in [9.17, 15) is 18.0 Å². The van der Waals surface area contributed by atoms with Crippen LogP contribution in [-0.4, -0.2) is 18.0 Å². The van der Waals surface area contributed by atoms with Crippen LogP contribution in [0.4, 0.5) is 18.3 Å². The highest BCUT2D eigenvalue weighted by Gasteiger charge is 2.15. The summed E-state index contributed by atoms with van der Waals surface area (Å²) in [5, 5.41) is 2.80. The predicted molar refractivity (Wildman–Crippen MR) is 92.2 cm³/mol. The lowest BCUT2D eigenvalue weighted by atomic mass is 10.1. The molecule has 26 heavy (non-hydrogen) atoms. The molecular formula is C18H13F3N2O2S. The number of amides is 1. The van der Waals surface area contributed by atoms with E-state index in [1.807, 2.05) is 0 Å². The number of carbonyl (C=O) groups is 1. The monoisotopic (exact) mass is 378 g/mol. The van der Waals surface area contributed by atoms with Crippen LogP contribution in [0.25, 0.3) is 0 Å². The molecule has 0 atom stereocenters. The number of nitrogens with one attached hydrogen (secondary N) is 1. The molecule has 3 rings (SSSR count). The summed E-state index contributed by atoms with van der Waals surface area (Å²) in [6.45, 7) is 0. The summed E-state index contributed by atoms with van der Waals surface area (Å²) in [6, 6.07) is 7.56. The maximum absolute atomic E-state index is 13.9. The van der Waals surface area contributed by atoms with Crippen molar-refractivity contribution < 1.29 is 22.7 Å². The minimum absolute atomic E-state index is 0.136. The van der Waals surface area contributed by atoms with E-state index in [2.05, 4.69) is 10.3 Å². The van der Waals surface area contributed by atoms with Gasteiger partial charge in [-0.3, -0.25) is 10.1 Å². The van der Waals surface area contributed by atoms with Gasteiger partial charge in [-0.15, -0.1) is 11.3 Å². The number of nitrogens with zero attached hydrogens (tertiary/aromatic N) is 1. The fourth-order valence-electron chi connectivity index (χ4n) is 2.27. The Labute approximate surface area is 151 Å². The number of halogens is 3. The van der Waals surface area contributed by atoms with Gasteiger partial charge in [0, 0.05) is 23.6 Å². The van der Waals surface area contributed by atoms with Crippen molar-refractivity contribution >= 4 is 22.4 Å². The molecule has 2 aromatic carbocycles. The molecule has 0 unspecified atom stereocenters. The summed E-state index contributed by atoms with van der Waals surface area (Å²) in [5.74, 6) is -2.87. The molecule has 3 aromatic rings. The fraction of sp³-hybridized carbons (Fsp3) is 0.111. The zero-order chi connectivity index (χ0) is 18.7. The number of carbonyl (C=O) groups excluding carboxylic acids is 1. The number of methoxy groups -OCH3 is 1. The lowest BCUT2D eigenvalue weighted by Gasteiger charge is -2.05. The molecule has 0 radical (unpaired) electrons. The maximum atomic E-state index is 13.9. The van der Waals surface area contributed by atoms with Gasteiger partial charge in [-0.05, 0) is 29.8 Å². The molecule has 0 aliphatic heterocycles. The highest BCUT2D eigenvalue weighted by molar-refractivity contribution is 7.15. The predicted octanol–water partition coefficient (Wildman–Crippen LogP) is 4.41. The van der Waals surface area contributed by atoms with Crippen LogP contribution in [0.3, 0.4) is 0 Å². The molecule has 0 spiro atoms. The van der Waals surface area contributed by atoms with Crippen molar-refractivity contribution in [1.82, 2.24) is 4.98 Å². The van der Waals surface area contributed by atoms with E-state index in [-0.39, 0.29) is 10.7 Å². The first kappa shape index (κ1) is 17.9. The Kier molecular flexibility index (Phi) is 5.22. The van der Waals surface area contributed by atoms with Crippen LogP contribution in [0, 0.1) is 17.5 Å². The van der Waals surface area contributed by atoms with Gasteiger partial charge in [-0.1, -0.05) is 6.07 Å². The number of thiazole rings is 1. The van der Waals surface area contributed by atoms with Gasteiger partial charge in [-0.2, -0.15) is 0 Å². The quantitative estimate of drug-likeness (QED) is 0.715. The van der Waals surface area contributed by atoms with E-state index in [1.165, 1.54) is 42.8 Å². The van der Waals surface area contributed by atoms with Crippen molar-refractivity contribution in [3.05, 3.63) is 76.1 Å². The summed E-state index contributed by atoms with van der Waals surface area (Å²) in [5.41, 5.74) is 0.440.